The van der Waals surface area contributed by atoms with E-state index in [-0.39, 0.29) is 24.4 Å². The van der Waals surface area contributed by atoms with Crippen LogP contribution in [0.1, 0.15) is 55.8 Å². The number of aryl methyl sites for hydroxylation is 1. The molecule has 1 amide bonds. The van der Waals surface area contributed by atoms with Crippen molar-refractivity contribution in [1.29, 1.82) is 0 Å². The lowest BCUT2D eigenvalue weighted by molar-refractivity contribution is -0.122. The van der Waals surface area contributed by atoms with E-state index in [1.165, 1.54) is 18.4 Å². The number of rotatable bonds is 4. The third kappa shape index (κ3) is 4.20. The molecule has 2 aliphatic rings. The second-order valence-corrected chi connectivity index (χ2v) is 6.05. The fraction of sp³-hybridized carbons (Fsp3) is 0.733. The Morgan fingerprint density at radius 2 is 2.14 bits per heavy atom. The number of fused-ring (bicyclic) bond motifs is 1. The molecule has 0 bridgehead atoms. The molecule has 1 fully saturated rings. The Balaban J connectivity index is 0.00000161. The second kappa shape index (κ2) is 7.80. The SMILES string of the molecule is Cl.O=C(CCC1CCNCC1)NC1CCCc2cn[nH]c21. The molecule has 3 N–H and O–H groups in total. The molecular formula is C15H25ClN4O. The Kier molecular flexibility index (Phi) is 6.06. The summed E-state index contributed by atoms with van der Waals surface area (Å²) in [6.07, 6.45) is 9.22. The predicted octanol–water partition coefficient (Wildman–Crippen LogP) is 2.10. The van der Waals surface area contributed by atoms with Crippen molar-refractivity contribution < 1.29 is 4.79 Å². The highest BCUT2D eigenvalue weighted by Crippen LogP contribution is 2.27. The van der Waals surface area contributed by atoms with E-state index < -0.39 is 0 Å². The van der Waals surface area contributed by atoms with Crippen LogP contribution in [-0.2, 0) is 11.2 Å². The zero-order valence-electron chi connectivity index (χ0n) is 12.4. The van der Waals surface area contributed by atoms with Gasteiger partial charge in [0.1, 0.15) is 0 Å². The lowest BCUT2D eigenvalue weighted by Crippen LogP contribution is -2.32. The molecule has 0 radical (unpaired) electrons. The Morgan fingerprint density at radius 3 is 2.95 bits per heavy atom. The van der Waals surface area contributed by atoms with Gasteiger partial charge in [-0.15, -0.1) is 12.4 Å². The monoisotopic (exact) mass is 312 g/mol. The highest BCUT2D eigenvalue weighted by atomic mass is 35.5. The van der Waals surface area contributed by atoms with E-state index in [1.807, 2.05) is 6.20 Å². The van der Waals surface area contributed by atoms with Crippen LogP contribution in [-0.4, -0.2) is 29.2 Å². The van der Waals surface area contributed by atoms with Crippen LogP contribution in [0.25, 0.3) is 0 Å². The number of hydrogen-bond donors (Lipinski definition) is 3. The molecule has 0 saturated carbocycles. The van der Waals surface area contributed by atoms with E-state index in [2.05, 4.69) is 20.8 Å². The largest absolute Gasteiger partial charge is 0.348 e. The van der Waals surface area contributed by atoms with E-state index in [4.69, 9.17) is 0 Å². The van der Waals surface area contributed by atoms with Gasteiger partial charge in [0.2, 0.25) is 5.91 Å². The third-order valence-electron chi connectivity index (χ3n) is 4.61. The van der Waals surface area contributed by atoms with Gasteiger partial charge in [0.05, 0.1) is 17.9 Å². The van der Waals surface area contributed by atoms with Gasteiger partial charge < -0.3 is 10.6 Å². The van der Waals surface area contributed by atoms with Crippen molar-refractivity contribution in [2.75, 3.05) is 13.1 Å². The summed E-state index contributed by atoms with van der Waals surface area (Å²) < 4.78 is 0. The summed E-state index contributed by atoms with van der Waals surface area (Å²) in [6.45, 7) is 2.21. The van der Waals surface area contributed by atoms with Crippen LogP contribution in [0.2, 0.25) is 0 Å². The average molecular weight is 313 g/mol. The summed E-state index contributed by atoms with van der Waals surface area (Å²) in [5.41, 5.74) is 2.38. The molecule has 5 nitrogen and oxygen atoms in total. The van der Waals surface area contributed by atoms with E-state index in [0.717, 1.165) is 50.4 Å². The van der Waals surface area contributed by atoms with Crippen LogP contribution in [0.15, 0.2) is 6.20 Å². The molecule has 2 heterocycles. The Hall–Kier alpha value is -1.07. The van der Waals surface area contributed by atoms with Gasteiger partial charge in [-0.3, -0.25) is 9.89 Å². The minimum Gasteiger partial charge on any atom is -0.348 e. The number of nitrogens with zero attached hydrogens (tertiary/aromatic N) is 1. The van der Waals surface area contributed by atoms with Gasteiger partial charge in [0, 0.05) is 6.42 Å². The van der Waals surface area contributed by atoms with Gasteiger partial charge in [0.25, 0.3) is 0 Å². The fourth-order valence-electron chi connectivity index (χ4n) is 3.38. The standard InChI is InChI=1S/C15H24N4O.ClH/c20-14(5-4-11-6-8-16-9-7-11)18-13-3-1-2-12-10-17-19-15(12)13;/h10-11,13,16H,1-9H2,(H,17,19)(H,18,20);1H. The number of H-pyrrole nitrogens is 1. The maximum Gasteiger partial charge on any atom is 0.220 e. The summed E-state index contributed by atoms with van der Waals surface area (Å²) >= 11 is 0. The van der Waals surface area contributed by atoms with Gasteiger partial charge in [-0.25, -0.2) is 0 Å². The first-order valence-electron chi connectivity index (χ1n) is 7.85. The number of carbonyl (C=O) groups is 1. The number of piperidine rings is 1. The Labute approximate surface area is 132 Å². The van der Waals surface area contributed by atoms with Crippen molar-refractivity contribution in [2.24, 2.45) is 5.92 Å². The normalized spacial score (nSPS) is 22.2. The zero-order chi connectivity index (χ0) is 13.8. The van der Waals surface area contributed by atoms with Crippen LogP contribution in [0.3, 0.4) is 0 Å². The summed E-state index contributed by atoms with van der Waals surface area (Å²) in [5.74, 6) is 0.909. The number of nitrogens with one attached hydrogen (secondary N) is 3. The average Bonchev–Trinajstić information content (AvgIpc) is 2.96. The van der Waals surface area contributed by atoms with Crippen LogP contribution in [0.4, 0.5) is 0 Å². The van der Waals surface area contributed by atoms with Crippen LogP contribution >= 0.6 is 12.4 Å². The number of amides is 1. The van der Waals surface area contributed by atoms with Crippen molar-refractivity contribution in [3.05, 3.63) is 17.5 Å². The van der Waals surface area contributed by atoms with Crippen LogP contribution in [0.5, 0.6) is 0 Å². The number of hydrogen-bond acceptors (Lipinski definition) is 3. The van der Waals surface area contributed by atoms with Gasteiger partial charge in [-0.2, -0.15) is 5.10 Å². The lowest BCUT2D eigenvalue weighted by Gasteiger charge is -2.24. The van der Waals surface area contributed by atoms with Gasteiger partial charge in [0.15, 0.2) is 0 Å². The first kappa shape index (κ1) is 16.3. The molecule has 1 unspecified atom stereocenters. The minimum absolute atomic E-state index is 0. The maximum atomic E-state index is 12.1. The summed E-state index contributed by atoms with van der Waals surface area (Å²) in [6, 6.07) is 0.141. The molecule has 21 heavy (non-hydrogen) atoms. The molecule has 1 aromatic heterocycles. The fourth-order valence-corrected chi connectivity index (χ4v) is 3.38. The molecule has 1 aliphatic heterocycles. The molecule has 6 heteroatoms. The van der Waals surface area contributed by atoms with E-state index in [0.29, 0.717) is 6.42 Å². The quantitative estimate of drug-likeness (QED) is 0.797. The van der Waals surface area contributed by atoms with Crippen LogP contribution in [0, 0.1) is 5.92 Å². The maximum absolute atomic E-state index is 12.1. The van der Waals surface area contributed by atoms with Gasteiger partial charge >= 0.3 is 0 Å². The molecule has 1 atom stereocenters. The van der Waals surface area contributed by atoms with Crippen molar-refractivity contribution in [2.45, 2.75) is 51.0 Å². The summed E-state index contributed by atoms with van der Waals surface area (Å²) in [7, 11) is 0. The van der Waals surface area contributed by atoms with Crippen molar-refractivity contribution in [1.82, 2.24) is 20.8 Å². The molecule has 1 aliphatic carbocycles. The van der Waals surface area contributed by atoms with Gasteiger partial charge in [-0.05, 0) is 63.1 Å². The third-order valence-corrected chi connectivity index (χ3v) is 4.61. The second-order valence-electron chi connectivity index (χ2n) is 6.05. The smallest absolute Gasteiger partial charge is 0.220 e. The minimum atomic E-state index is 0. The van der Waals surface area contributed by atoms with Crippen LogP contribution < -0.4 is 10.6 Å². The number of aromatic nitrogens is 2. The van der Waals surface area contributed by atoms with Crippen molar-refractivity contribution >= 4 is 18.3 Å². The van der Waals surface area contributed by atoms with E-state index in [9.17, 15) is 4.79 Å². The van der Waals surface area contributed by atoms with E-state index >= 15 is 0 Å². The lowest BCUT2D eigenvalue weighted by atomic mass is 9.92. The number of aromatic amines is 1. The van der Waals surface area contributed by atoms with Crippen molar-refractivity contribution in [3.63, 3.8) is 0 Å². The molecule has 1 saturated heterocycles. The van der Waals surface area contributed by atoms with Crippen molar-refractivity contribution in [3.8, 4) is 0 Å². The highest BCUT2D eigenvalue weighted by molar-refractivity contribution is 5.85. The molecule has 0 spiro atoms. The molecule has 3 rings (SSSR count). The predicted molar refractivity (Wildman–Crippen MR) is 84.5 cm³/mol. The van der Waals surface area contributed by atoms with Gasteiger partial charge in [-0.1, -0.05) is 0 Å². The first-order valence-corrected chi connectivity index (χ1v) is 7.85. The number of carbonyl (C=O) groups excluding carboxylic acids is 1. The Bertz CT molecular complexity index is 456. The summed E-state index contributed by atoms with van der Waals surface area (Å²) in [5, 5.41) is 13.7. The Morgan fingerprint density at radius 1 is 1.33 bits per heavy atom. The first-order chi connectivity index (χ1) is 9.83. The highest BCUT2D eigenvalue weighted by Gasteiger charge is 2.23. The zero-order valence-corrected chi connectivity index (χ0v) is 13.2. The molecule has 118 valence electrons. The number of halogens is 1. The molecule has 1 aromatic rings. The molecule has 0 aromatic carbocycles. The van der Waals surface area contributed by atoms with E-state index in [1.54, 1.807) is 0 Å². The molecular weight excluding hydrogens is 288 g/mol. The summed E-state index contributed by atoms with van der Waals surface area (Å²) in [4.78, 5) is 12.1. The topological polar surface area (TPSA) is 69.8 Å².